The molecule has 138 valence electrons. The third kappa shape index (κ3) is 4.41. The van der Waals surface area contributed by atoms with Crippen LogP contribution in [0.2, 0.25) is 0 Å². The molecule has 0 radical (unpaired) electrons. The molecule has 1 unspecified atom stereocenters. The van der Waals surface area contributed by atoms with Crippen LogP contribution in [-0.4, -0.2) is 38.3 Å². The van der Waals surface area contributed by atoms with E-state index in [2.05, 4.69) is 5.10 Å². The predicted molar refractivity (Wildman–Crippen MR) is 97.1 cm³/mol. The minimum absolute atomic E-state index is 0.121. The smallest absolute Gasteiger partial charge is 0.265 e. The molecular weight excluding hydrogens is 334 g/mol. The van der Waals surface area contributed by atoms with Crippen LogP contribution in [0.4, 0.5) is 0 Å². The lowest BCUT2D eigenvalue weighted by atomic mass is 9.95. The molecule has 1 amide bonds. The first-order chi connectivity index (χ1) is 12.5. The number of aromatic nitrogens is 2. The van der Waals surface area contributed by atoms with Crippen LogP contribution in [0.15, 0.2) is 46.0 Å². The molecule has 1 aromatic heterocycles. The number of amides is 1. The third-order valence-electron chi connectivity index (χ3n) is 4.83. The average molecular weight is 357 g/mol. The monoisotopic (exact) mass is 357 g/mol. The molecule has 1 saturated heterocycles. The second-order valence-corrected chi connectivity index (χ2v) is 6.68. The van der Waals surface area contributed by atoms with Gasteiger partial charge in [0, 0.05) is 24.7 Å². The van der Waals surface area contributed by atoms with Crippen LogP contribution in [0.25, 0.3) is 0 Å². The summed E-state index contributed by atoms with van der Waals surface area (Å²) in [4.78, 5) is 37.7. The molecule has 1 atom stereocenters. The zero-order chi connectivity index (χ0) is 18.5. The molecule has 3 rings (SSSR count). The number of carbonyl (C=O) groups is 1. The van der Waals surface area contributed by atoms with Gasteiger partial charge in [-0.15, -0.1) is 0 Å². The Hall–Kier alpha value is -2.83. The van der Waals surface area contributed by atoms with Gasteiger partial charge in [-0.05, 0) is 49.8 Å². The number of likely N-dealkylation sites (tertiary alicyclic amines) is 1. The van der Waals surface area contributed by atoms with Gasteiger partial charge in [0.2, 0.25) is 5.91 Å². The molecule has 7 nitrogen and oxygen atoms in total. The Bertz CT molecular complexity index is 869. The molecule has 26 heavy (non-hydrogen) atoms. The number of H-pyrrole nitrogens is 1. The van der Waals surface area contributed by atoms with E-state index in [1.165, 1.54) is 6.07 Å². The zero-order valence-corrected chi connectivity index (χ0v) is 14.6. The highest BCUT2D eigenvalue weighted by Crippen LogP contribution is 2.22. The van der Waals surface area contributed by atoms with Crippen LogP contribution in [0.3, 0.4) is 0 Å². The van der Waals surface area contributed by atoms with Crippen molar-refractivity contribution in [1.82, 2.24) is 14.7 Å². The summed E-state index contributed by atoms with van der Waals surface area (Å²) in [6.07, 6.45) is 4.60. The van der Waals surface area contributed by atoms with E-state index in [1.54, 1.807) is 12.1 Å². The number of benzene rings is 1. The number of nitrogens with one attached hydrogen (secondary N) is 1. The summed E-state index contributed by atoms with van der Waals surface area (Å²) in [7, 11) is 0. The van der Waals surface area contributed by atoms with E-state index < -0.39 is 11.1 Å². The van der Waals surface area contributed by atoms with Crippen molar-refractivity contribution >= 4 is 5.91 Å². The summed E-state index contributed by atoms with van der Waals surface area (Å²) in [6.45, 7) is 0.523. The molecule has 0 aliphatic carbocycles. The Morgan fingerprint density at radius 2 is 1.88 bits per heavy atom. The fraction of sp³-hybridized carbons (Fsp3) is 0.421. The van der Waals surface area contributed by atoms with Gasteiger partial charge in [-0.2, -0.15) is 0 Å². The maximum Gasteiger partial charge on any atom is 0.265 e. The van der Waals surface area contributed by atoms with E-state index >= 15 is 0 Å². The van der Waals surface area contributed by atoms with E-state index in [0.717, 1.165) is 48.4 Å². The lowest BCUT2D eigenvalue weighted by Crippen LogP contribution is -2.46. The Kier molecular flexibility index (Phi) is 5.55. The minimum atomic E-state index is -0.403. The van der Waals surface area contributed by atoms with Gasteiger partial charge in [-0.25, -0.2) is 4.68 Å². The molecule has 0 saturated carbocycles. The van der Waals surface area contributed by atoms with E-state index in [0.29, 0.717) is 6.54 Å². The molecule has 7 heteroatoms. The van der Waals surface area contributed by atoms with Crippen molar-refractivity contribution in [2.75, 3.05) is 6.54 Å². The van der Waals surface area contributed by atoms with Crippen LogP contribution in [0.5, 0.6) is 5.75 Å². The van der Waals surface area contributed by atoms with Crippen molar-refractivity contribution in [3.8, 4) is 5.75 Å². The van der Waals surface area contributed by atoms with Gasteiger partial charge < -0.3 is 10.0 Å². The van der Waals surface area contributed by atoms with Crippen molar-refractivity contribution in [2.24, 2.45) is 0 Å². The van der Waals surface area contributed by atoms with Crippen LogP contribution >= 0.6 is 0 Å². The van der Waals surface area contributed by atoms with Gasteiger partial charge in [0.15, 0.2) is 0 Å². The number of piperidine rings is 1. The molecule has 1 aromatic carbocycles. The number of aromatic hydroxyl groups is 1. The highest BCUT2D eigenvalue weighted by Gasteiger charge is 2.26. The number of hydrogen-bond acceptors (Lipinski definition) is 4. The molecule has 2 N–H and O–H groups in total. The van der Waals surface area contributed by atoms with E-state index in [-0.39, 0.29) is 24.2 Å². The number of carbonyl (C=O) groups excluding carboxylic acids is 1. The van der Waals surface area contributed by atoms with Gasteiger partial charge in [0.25, 0.3) is 11.1 Å². The summed E-state index contributed by atoms with van der Waals surface area (Å²) in [6, 6.07) is 9.55. The van der Waals surface area contributed by atoms with Gasteiger partial charge in [0.1, 0.15) is 12.3 Å². The maximum absolute atomic E-state index is 12.7. The molecule has 2 aromatic rings. The Labute approximate surface area is 150 Å². The number of hydrogen-bond donors (Lipinski definition) is 2. The summed E-state index contributed by atoms with van der Waals surface area (Å²) in [5.74, 6) is 0.0925. The van der Waals surface area contributed by atoms with Crippen molar-refractivity contribution < 1.29 is 9.90 Å². The largest absolute Gasteiger partial charge is 0.508 e. The molecule has 0 bridgehead atoms. The maximum atomic E-state index is 12.7. The van der Waals surface area contributed by atoms with Gasteiger partial charge in [-0.1, -0.05) is 12.1 Å². The van der Waals surface area contributed by atoms with Crippen LogP contribution < -0.4 is 11.1 Å². The summed E-state index contributed by atoms with van der Waals surface area (Å²) in [5, 5.41) is 11.8. The Morgan fingerprint density at radius 3 is 2.65 bits per heavy atom. The predicted octanol–water partition coefficient (Wildman–Crippen LogP) is 1.26. The lowest BCUT2D eigenvalue weighted by molar-refractivity contribution is -0.136. The minimum Gasteiger partial charge on any atom is -0.508 e. The van der Waals surface area contributed by atoms with Gasteiger partial charge >= 0.3 is 0 Å². The fourth-order valence-electron chi connectivity index (χ4n) is 3.43. The third-order valence-corrected chi connectivity index (χ3v) is 4.83. The van der Waals surface area contributed by atoms with Crippen molar-refractivity contribution in [2.45, 2.75) is 44.7 Å². The summed E-state index contributed by atoms with van der Waals surface area (Å²) >= 11 is 0. The topological polar surface area (TPSA) is 95.4 Å². The van der Waals surface area contributed by atoms with Crippen LogP contribution in [-0.2, 0) is 17.8 Å². The number of aromatic amines is 1. The molecular formula is C19H23N3O4. The first kappa shape index (κ1) is 18.0. The highest BCUT2D eigenvalue weighted by atomic mass is 16.3. The summed E-state index contributed by atoms with van der Waals surface area (Å²) < 4.78 is 1.07. The normalized spacial score (nSPS) is 17.2. The van der Waals surface area contributed by atoms with Crippen molar-refractivity contribution in [3.63, 3.8) is 0 Å². The quantitative estimate of drug-likeness (QED) is 0.842. The average Bonchev–Trinajstić information content (AvgIpc) is 2.64. The van der Waals surface area contributed by atoms with E-state index in [1.807, 2.05) is 17.0 Å². The van der Waals surface area contributed by atoms with E-state index in [4.69, 9.17) is 0 Å². The van der Waals surface area contributed by atoms with E-state index in [9.17, 15) is 19.5 Å². The molecule has 2 heterocycles. The van der Waals surface area contributed by atoms with Gasteiger partial charge in [0.05, 0.1) is 0 Å². The van der Waals surface area contributed by atoms with Crippen molar-refractivity contribution in [1.29, 1.82) is 0 Å². The Morgan fingerprint density at radius 1 is 1.12 bits per heavy atom. The number of rotatable bonds is 5. The zero-order valence-electron chi connectivity index (χ0n) is 14.6. The van der Waals surface area contributed by atoms with Crippen LogP contribution in [0.1, 0.15) is 31.2 Å². The highest BCUT2D eigenvalue weighted by molar-refractivity contribution is 5.76. The molecule has 1 aliphatic heterocycles. The first-order valence-corrected chi connectivity index (χ1v) is 8.90. The second-order valence-electron chi connectivity index (χ2n) is 6.68. The summed E-state index contributed by atoms with van der Waals surface area (Å²) in [5.41, 5.74) is 0.319. The number of aryl methyl sites for hydroxylation is 1. The lowest BCUT2D eigenvalue weighted by Gasteiger charge is -2.36. The van der Waals surface area contributed by atoms with Crippen LogP contribution in [0, 0.1) is 0 Å². The fourth-order valence-corrected chi connectivity index (χ4v) is 3.43. The number of phenolic OH excluding ortho intramolecular Hbond substituents is 1. The van der Waals surface area contributed by atoms with Gasteiger partial charge in [-0.3, -0.25) is 19.5 Å². The van der Waals surface area contributed by atoms with Crippen molar-refractivity contribution in [3.05, 3.63) is 62.7 Å². The Balaban J connectivity index is 1.66. The number of nitrogens with zero attached hydrogens (tertiary/aromatic N) is 2. The second kappa shape index (κ2) is 8.03. The number of phenols is 1. The molecule has 1 aliphatic rings. The molecule has 1 fully saturated rings. The standard InChI is InChI=1S/C19H23N3O4/c23-16-8-5-14(6-9-16)4-7-15-3-1-2-12-21(15)19(26)13-22-18(25)11-10-17(24)20-22/h5-6,8-11,15,23H,1-4,7,12-13H2,(H,20,24). The first-order valence-electron chi connectivity index (χ1n) is 8.90. The SMILES string of the molecule is O=C(Cn1[nH]c(=O)ccc1=O)N1CCCCC1CCc1ccc(O)cc1. The molecule has 0 spiro atoms.